The summed E-state index contributed by atoms with van der Waals surface area (Å²) in [4.78, 5) is 27.9. The maximum Gasteiger partial charge on any atom is 0.414 e. The molecule has 2 fully saturated rings. The lowest BCUT2D eigenvalue weighted by atomic mass is 10.0. The van der Waals surface area contributed by atoms with E-state index >= 15 is 0 Å². The second-order valence-corrected chi connectivity index (χ2v) is 6.91. The number of carbonyl (C=O) groups excluding carboxylic acids is 2. The van der Waals surface area contributed by atoms with Crippen LogP contribution in [0.3, 0.4) is 0 Å². The summed E-state index contributed by atoms with van der Waals surface area (Å²) in [6.45, 7) is 8.98. The Morgan fingerprint density at radius 1 is 1.12 bits per heavy atom. The van der Waals surface area contributed by atoms with E-state index in [1.54, 1.807) is 29.2 Å². The maximum atomic E-state index is 12.4. The molecule has 2 amide bonds. The molecule has 0 aliphatic carbocycles. The van der Waals surface area contributed by atoms with Gasteiger partial charge in [0.1, 0.15) is 6.61 Å². The molecule has 2 aliphatic rings. The Kier molecular flexibility index (Phi) is 5.24. The number of cyclic esters (lactones) is 1. The summed E-state index contributed by atoms with van der Waals surface area (Å²) in [6.07, 6.45) is -0.343. The van der Waals surface area contributed by atoms with Crippen molar-refractivity contribution >= 4 is 17.7 Å². The van der Waals surface area contributed by atoms with E-state index in [1.807, 2.05) is 0 Å². The minimum absolute atomic E-state index is 0.114. The van der Waals surface area contributed by atoms with Crippen LogP contribution in [0.25, 0.3) is 0 Å². The number of rotatable bonds is 5. The van der Waals surface area contributed by atoms with Gasteiger partial charge in [-0.15, -0.1) is 0 Å². The Morgan fingerprint density at radius 2 is 1.80 bits per heavy atom. The second-order valence-electron chi connectivity index (χ2n) is 6.91. The highest BCUT2D eigenvalue weighted by Gasteiger charge is 2.29. The van der Waals surface area contributed by atoms with E-state index in [9.17, 15) is 9.59 Å². The summed E-state index contributed by atoms with van der Waals surface area (Å²) < 4.78 is 10.3. The molecule has 0 spiro atoms. The third-order valence-electron chi connectivity index (χ3n) is 4.75. The second kappa shape index (κ2) is 7.41. The molecule has 0 atom stereocenters. The molecule has 7 heteroatoms. The molecular formula is C18H25N3O4. The van der Waals surface area contributed by atoms with Crippen LogP contribution in [0.1, 0.15) is 24.2 Å². The average Bonchev–Trinajstić information content (AvgIpc) is 3.06. The first-order valence-corrected chi connectivity index (χ1v) is 8.63. The van der Waals surface area contributed by atoms with Crippen LogP contribution in [0, 0.1) is 0 Å². The number of morpholine rings is 1. The van der Waals surface area contributed by atoms with Crippen LogP contribution < -0.4 is 10.2 Å². The van der Waals surface area contributed by atoms with E-state index in [4.69, 9.17) is 9.47 Å². The van der Waals surface area contributed by atoms with Gasteiger partial charge in [0.2, 0.25) is 0 Å². The van der Waals surface area contributed by atoms with Gasteiger partial charge in [0.15, 0.2) is 0 Å². The third-order valence-corrected chi connectivity index (χ3v) is 4.75. The van der Waals surface area contributed by atoms with Crippen molar-refractivity contribution in [2.45, 2.75) is 19.4 Å². The third kappa shape index (κ3) is 4.11. The standard InChI is InChI=1S/C18H25N3O4/c1-18(2,20-7-10-24-11-8-20)13-19-16(22)14-3-5-15(6-4-14)21-9-12-25-17(21)23/h3-6H,7-13H2,1-2H3,(H,19,22). The van der Waals surface area contributed by atoms with Gasteiger partial charge in [0.25, 0.3) is 5.91 Å². The Balaban J connectivity index is 1.56. The van der Waals surface area contributed by atoms with Crippen molar-refractivity contribution < 1.29 is 19.1 Å². The summed E-state index contributed by atoms with van der Waals surface area (Å²) >= 11 is 0. The first kappa shape index (κ1) is 17.7. The number of hydrogen-bond donors (Lipinski definition) is 1. The minimum Gasteiger partial charge on any atom is -0.447 e. The molecule has 2 saturated heterocycles. The zero-order chi connectivity index (χ0) is 17.9. The molecular weight excluding hydrogens is 322 g/mol. The number of carbonyl (C=O) groups is 2. The maximum absolute atomic E-state index is 12.4. The van der Waals surface area contributed by atoms with E-state index in [0.29, 0.717) is 25.3 Å². The number of nitrogens with one attached hydrogen (secondary N) is 1. The van der Waals surface area contributed by atoms with Gasteiger partial charge in [-0.2, -0.15) is 0 Å². The predicted molar refractivity (Wildman–Crippen MR) is 93.9 cm³/mol. The first-order chi connectivity index (χ1) is 12.0. The van der Waals surface area contributed by atoms with Crippen LogP contribution in [-0.2, 0) is 9.47 Å². The van der Waals surface area contributed by atoms with E-state index in [1.165, 1.54) is 0 Å². The molecule has 7 nitrogen and oxygen atoms in total. The number of nitrogens with zero attached hydrogens (tertiary/aromatic N) is 2. The van der Waals surface area contributed by atoms with Crippen LogP contribution in [0.2, 0.25) is 0 Å². The Bertz CT molecular complexity index is 624. The number of amides is 2. The molecule has 1 aromatic rings. The molecule has 0 saturated carbocycles. The Labute approximate surface area is 147 Å². The lowest BCUT2D eigenvalue weighted by molar-refractivity contribution is -0.00923. The molecule has 0 bridgehead atoms. The van der Waals surface area contributed by atoms with Crippen molar-refractivity contribution in [1.29, 1.82) is 0 Å². The predicted octanol–water partition coefficient (Wildman–Crippen LogP) is 1.48. The molecule has 3 rings (SSSR count). The van der Waals surface area contributed by atoms with E-state index < -0.39 is 0 Å². The monoisotopic (exact) mass is 347 g/mol. The number of hydrogen-bond acceptors (Lipinski definition) is 5. The fraction of sp³-hybridized carbons (Fsp3) is 0.556. The van der Waals surface area contributed by atoms with Gasteiger partial charge in [-0.1, -0.05) is 0 Å². The van der Waals surface area contributed by atoms with Gasteiger partial charge in [0.05, 0.1) is 19.8 Å². The largest absolute Gasteiger partial charge is 0.447 e. The summed E-state index contributed by atoms with van der Waals surface area (Å²) in [5.74, 6) is -0.114. The van der Waals surface area contributed by atoms with E-state index in [2.05, 4.69) is 24.1 Å². The average molecular weight is 347 g/mol. The van der Waals surface area contributed by atoms with E-state index in [0.717, 1.165) is 32.0 Å². The lowest BCUT2D eigenvalue weighted by Crippen LogP contribution is -2.55. The van der Waals surface area contributed by atoms with Crippen LogP contribution in [0.4, 0.5) is 10.5 Å². The highest BCUT2D eigenvalue weighted by molar-refractivity contribution is 5.95. The van der Waals surface area contributed by atoms with Crippen molar-refractivity contribution in [2.24, 2.45) is 0 Å². The van der Waals surface area contributed by atoms with Crippen molar-refractivity contribution in [2.75, 3.05) is 50.9 Å². The van der Waals surface area contributed by atoms with Crippen molar-refractivity contribution in [3.63, 3.8) is 0 Å². The first-order valence-electron chi connectivity index (χ1n) is 8.63. The molecule has 0 unspecified atom stereocenters. The van der Waals surface area contributed by atoms with Crippen LogP contribution in [-0.4, -0.2) is 68.4 Å². The summed E-state index contributed by atoms with van der Waals surface area (Å²) in [6, 6.07) is 7.01. The fourth-order valence-electron chi connectivity index (χ4n) is 3.10. The van der Waals surface area contributed by atoms with Crippen molar-refractivity contribution in [3.8, 4) is 0 Å². The number of ether oxygens (including phenoxy) is 2. The molecule has 0 radical (unpaired) electrons. The smallest absolute Gasteiger partial charge is 0.414 e. The van der Waals surface area contributed by atoms with Crippen LogP contribution in [0.5, 0.6) is 0 Å². The molecule has 136 valence electrons. The highest BCUT2D eigenvalue weighted by Crippen LogP contribution is 2.19. The van der Waals surface area contributed by atoms with E-state index in [-0.39, 0.29) is 17.5 Å². The number of anilines is 1. The molecule has 1 aromatic carbocycles. The van der Waals surface area contributed by atoms with Gasteiger partial charge in [-0.05, 0) is 38.1 Å². The van der Waals surface area contributed by atoms with Crippen molar-refractivity contribution in [3.05, 3.63) is 29.8 Å². The minimum atomic E-state index is -0.343. The lowest BCUT2D eigenvalue weighted by Gasteiger charge is -2.40. The summed E-state index contributed by atoms with van der Waals surface area (Å²) in [7, 11) is 0. The van der Waals surface area contributed by atoms with Gasteiger partial charge in [-0.25, -0.2) is 4.79 Å². The highest BCUT2D eigenvalue weighted by atomic mass is 16.6. The molecule has 1 N–H and O–H groups in total. The molecule has 0 aromatic heterocycles. The Morgan fingerprint density at radius 3 is 2.40 bits per heavy atom. The normalized spacial score (nSPS) is 19.0. The van der Waals surface area contributed by atoms with Crippen LogP contribution in [0.15, 0.2) is 24.3 Å². The van der Waals surface area contributed by atoms with Gasteiger partial charge in [-0.3, -0.25) is 14.6 Å². The summed E-state index contributed by atoms with van der Waals surface area (Å²) in [5, 5.41) is 3.01. The molecule has 25 heavy (non-hydrogen) atoms. The van der Waals surface area contributed by atoms with Gasteiger partial charge in [0, 0.05) is 36.4 Å². The zero-order valence-corrected chi connectivity index (χ0v) is 14.8. The van der Waals surface area contributed by atoms with Crippen molar-refractivity contribution in [1.82, 2.24) is 10.2 Å². The Hall–Kier alpha value is -2.12. The fourth-order valence-corrected chi connectivity index (χ4v) is 3.10. The SMILES string of the molecule is CC(C)(CNC(=O)c1ccc(N2CCOC2=O)cc1)N1CCOCC1. The molecule has 2 aliphatic heterocycles. The van der Waals surface area contributed by atoms with Gasteiger partial charge < -0.3 is 14.8 Å². The topological polar surface area (TPSA) is 71.1 Å². The summed E-state index contributed by atoms with van der Waals surface area (Å²) in [5.41, 5.74) is 1.19. The molecule has 2 heterocycles. The van der Waals surface area contributed by atoms with Crippen LogP contribution >= 0.6 is 0 Å². The van der Waals surface area contributed by atoms with Gasteiger partial charge >= 0.3 is 6.09 Å². The number of benzene rings is 1. The quantitative estimate of drug-likeness (QED) is 0.874. The zero-order valence-electron chi connectivity index (χ0n) is 14.8.